The highest BCUT2D eigenvalue weighted by atomic mass is 79.9. The monoisotopic (exact) mass is 393 g/mol. The predicted octanol–water partition coefficient (Wildman–Crippen LogP) is 4.60. The second kappa shape index (κ2) is 5.86. The van der Waals surface area contributed by atoms with E-state index in [0.717, 1.165) is 30.4 Å². The Morgan fingerprint density at radius 2 is 2.00 bits per heavy atom. The Balaban J connectivity index is 1.53. The van der Waals surface area contributed by atoms with E-state index in [0.29, 0.717) is 21.8 Å². The lowest BCUT2D eigenvalue weighted by molar-refractivity contribution is -0.105. The van der Waals surface area contributed by atoms with E-state index in [-0.39, 0.29) is 11.6 Å². The fourth-order valence-corrected chi connectivity index (χ4v) is 5.89. The maximum atomic E-state index is 12.7. The van der Waals surface area contributed by atoms with Crippen LogP contribution in [0.1, 0.15) is 65.3 Å². The van der Waals surface area contributed by atoms with Crippen molar-refractivity contribution >= 4 is 21.6 Å². The fourth-order valence-electron chi connectivity index (χ4n) is 5.49. The van der Waals surface area contributed by atoms with Crippen LogP contribution in [0.25, 0.3) is 0 Å². The molecule has 5 heteroatoms. The highest BCUT2D eigenvalue weighted by molar-refractivity contribution is 9.10. The number of fused-ring (bicyclic) bond motifs is 2. The fraction of sp³-hybridized carbons (Fsp3) is 0.789. The van der Waals surface area contributed by atoms with Gasteiger partial charge in [0.05, 0.1) is 17.9 Å². The van der Waals surface area contributed by atoms with E-state index in [1.165, 1.54) is 25.7 Å². The highest BCUT2D eigenvalue weighted by Gasteiger charge is 2.56. The molecule has 0 aromatic carbocycles. The molecule has 0 spiro atoms. The smallest absolute Gasteiger partial charge is 0.283 e. The Hall–Kier alpha value is -0.840. The molecule has 1 heterocycles. The average Bonchev–Trinajstić information content (AvgIpc) is 3.07. The SMILES string of the molecule is C[C@H]1[C@H](Nc2cnn(C3CCCC3)c(=O)c2Br)C[C@H]2C[C@@H]1C2(C)C. The van der Waals surface area contributed by atoms with Gasteiger partial charge in [-0.15, -0.1) is 0 Å². The number of rotatable bonds is 3. The molecule has 4 saturated carbocycles. The summed E-state index contributed by atoms with van der Waals surface area (Å²) < 4.78 is 2.34. The first-order valence-electron chi connectivity index (χ1n) is 9.43. The molecule has 132 valence electrons. The van der Waals surface area contributed by atoms with Crippen LogP contribution < -0.4 is 10.9 Å². The van der Waals surface area contributed by atoms with Crippen molar-refractivity contribution in [1.82, 2.24) is 9.78 Å². The van der Waals surface area contributed by atoms with Gasteiger partial charge >= 0.3 is 0 Å². The number of hydrogen-bond acceptors (Lipinski definition) is 3. The predicted molar refractivity (Wildman–Crippen MR) is 100 cm³/mol. The Bertz CT molecular complexity index is 692. The molecule has 5 rings (SSSR count). The molecule has 24 heavy (non-hydrogen) atoms. The highest BCUT2D eigenvalue weighted by Crippen LogP contribution is 2.61. The van der Waals surface area contributed by atoms with Gasteiger partial charge in [-0.1, -0.05) is 33.6 Å². The summed E-state index contributed by atoms with van der Waals surface area (Å²) >= 11 is 3.54. The van der Waals surface area contributed by atoms with Crippen molar-refractivity contribution in [2.24, 2.45) is 23.2 Å². The van der Waals surface area contributed by atoms with Crippen molar-refractivity contribution in [3.63, 3.8) is 0 Å². The van der Waals surface area contributed by atoms with E-state index in [9.17, 15) is 4.79 Å². The molecule has 4 atom stereocenters. The Kier molecular flexibility index (Phi) is 4.06. The van der Waals surface area contributed by atoms with E-state index >= 15 is 0 Å². The third-order valence-corrected chi connectivity index (χ3v) is 8.08. The van der Waals surface area contributed by atoms with Crippen molar-refractivity contribution in [3.05, 3.63) is 21.0 Å². The Morgan fingerprint density at radius 1 is 1.29 bits per heavy atom. The first-order valence-corrected chi connectivity index (χ1v) is 10.2. The summed E-state index contributed by atoms with van der Waals surface area (Å²) in [6.07, 6.45) is 8.97. The zero-order valence-corrected chi connectivity index (χ0v) is 16.5. The van der Waals surface area contributed by atoms with Crippen molar-refractivity contribution in [1.29, 1.82) is 0 Å². The van der Waals surface area contributed by atoms with Crippen molar-refractivity contribution in [2.45, 2.75) is 71.4 Å². The molecule has 2 bridgehead atoms. The number of nitrogens with one attached hydrogen (secondary N) is 1. The second-order valence-corrected chi connectivity index (χ2v) is 9.56. The van der Waals surface area contributed by atoms with Gasteiger partial charge in [-0.05, 0) is 64.8 Å². The van der Waals surface area contributed by atoms with E-state index < -0.39 is 0 Å². The average molecular weight is 394 g/mol. The number of aromatic nitrogens is 2. The molecular weight excluding hydrogens is 366 g/mol. The number of nitrogens with zero attached hydrogens (tertiary/aromatic N) is 2. The molecular formula is C19H28BrN3O. The summed E-state index contributed by atoms with van der Waals surface area (Å²) in [5, 5.41) is 8.12. The topological polar surface area (TPSA) is 46.9 Å². The molecule has 4 aliphatic carbocycles. The van der Waals surface area contributed by atoms with Crippen LogP contribution in [0.5, 0.6) is 0 Å². The Morgan fingerprint density at radius 3 is 2.62 bits per heavy atom. The van der Waals surface area contributed by atoms with Crippen molar-refractivity contribution in [3.8, 4) is 0 Å². The van der Waals surface area contributed by atoms with Gasteiger partial charge in [0.1, 0.15) is 4.47 Å². The second-order valence-electron chi connectivity index (χ2n) is 8.77. The first-order chi connectivity index (χ1) is 11.4. The summed E-state index contributed by atoms with van der Waals surface area (Å²) in [7, 11) is 0. The van der Waals surface area contributed by atoms with Gasteiger partial charge < -0.3 is 5.32 Å². The molecule has 0 aliphatic heterocycles. The minimum Gasteiger partial charge on any atom is -0.380 e. The van der Waals surface area contributed by atoms with Gasteiger partial charge in [0.25, 0.3) is 5.56 Å². The molecule has 0 saturated heterocycles. The van der Waals surface area contributed by atoms with Crippen LogP contribution in [-0.2, 0) is 0 Å². The Labute approximate surface area is 152 Å². The van der Waals surface area contributed by atoms with Gasteiger partial charge in [-0.3, -0.25) is 4.79 Å². The largest absolute Gasteiger partial charge is 0.380 e. The standard InChI is InChI=1S/C19H28BrN3O/c1-11-14-8-12(19(14,2)3)9-15(11)22-16-10-21-23(18(24)17(16)20)13-6-4-5-7-13/h10-15,22H,4-9H2,1-3H3/t11-,12-,14+,15-/m1/s1. The number of hydrogen-bond donors (Lipinski definition) is 1. The van der Waals surface area contributed by atoms with E-state index in [2.05, 4.69) is 47.1 Å². The van der Waals surface area contributed by atoms with Crippen LogP contribution in [0.15, 0.2) is 15.5 Å². The normalized spacial score (nSPS) is 34.8. The summed E-state index contributed by atoms with van der Waals surface area (Å²) in [5.41, 5.74) is 1.37. The van der Waals surface area contributed by atoms with Gasteiger partial charge in [0, 0.05) is 6.04 Å². The summed E-state index contributed by atoms with van der Waals surface area (Å²) in [4.78, 5) is 12.7. The maximum absolute atomic E-state index is 12.7. The van der Waals surface area contributed by atoms with Crippen LogP contribution in [0.3, 0.4) is 0 Å². The molecule has 1 aromatic heterocycles. The third-order valence-electron chi connectivity index (χ3n) is 7.31. The maximum Gasteiger partial charge on any atom is 0.283 e. The lowest BCUT2D eigenvalue weighted by Gasteiger charge is -2.62. The van der Waals surface area contributed by atoms with Gasteiger partial charge in [-0.2, -0.15) is 5.10 Å². The number of halogens is 1. The third kappa shape index (κ3) is 2.46. The minimum absolute atomic E-state index is 0.0147. The quantitative estimate of drug-likeness (QED) is 0.815. The lowest BCUT2D eigenvalue weighted by Crippen LogP contribution is -2.58. The molecule has 4 fully saturated rings. The molecule has 4 nitrogen and oxygen atoms in total. The van der Waals surface area contributed by atoms with Crippen LogP contribution in [0, 0.1) is 23.2 Å². The van der Waals surface area contributed by atoms with Crippen molar-refractivity contribution in [2.75, 3.05) is 5.32 Å². The van der Waals surface area contributed by atoms with Crippen molar-refractivity contribution < 1.29 is 0 Å². The summed E-state index contributed by atoms with van der Waals surface area (Å²) in [5.74, 6) is 2.23. The minimum atomic E-state index is 0.0147. The summed E-state index contributed by atoms with van der Waals surface area (Å²) in [6.45, 7) is 7.19. The number of anilines is 1. The van der Waals surface area contributed by atoms with Gasteiger partial charge in [0.15, 0.2) is 0 Å². The first kappa shape index (κ1) is 16.6. The molecule has 1 N–H and O–H groups in total. The molecule has 0 amide bonds. The molecule has 0 unspecified atom stereocenters. The van der Waals surface area contributed by atoms with Crippen LogP contribution in [0.2, 0.25) is 0 Å². The zero-order valence-electron chi connectivity index (χ0n) is 14.9. The van der Waals surface area contributed by atoms with Gasteiger partial charge in [0.2, 0.25) is 0 Å². The van der Waals surface area contributed by atoms with Crippen LogP contribution in [0.4, 0.5) is 5.69 Å². The zero-order chi connectivity index (χ0) is 17.1. The van der Waals surface area contributed by atoms with E-state index in [4.69, 9.17) is 0 Å². The van der Waals surface area contributed by atoms with E-state index in [1.54, 1.807) is 4.68 Å². The van der Waals surface area contributed by atoms with Crippen LogP contribution in [-0.4, -0.2) is 15.8 Å². The van der Waals surface area contributed by atoms with E-state index in [1.807, 2.05) is 6.20 Å². The molecule has 0 radical (unpaired) electrons. The molecule has 4 aliphatic rings. The van der Waals surface area contributed by atoms with Crippen LogP contribution >= 0.6 is 15.9 Å². The molecule has 1 aromatic rings. The summed E-state index contributed by atoms with van der Waals surface area (Å²) in [6, 6.07) is 0.728. The van der Waals surface area contributed by atoms with Gasteiger partial charge in [-0.25, -0.2) is 4.68 Å². The lowest BCUT2D eigenvalue weighted by atomic mass is 9.45.